The molecule has 4 rings (SSSR count). The van der Waals surface area contributed by atoms with Gasteiger partial charge < -0.3 is 10.1 Å². The van der Waals surface area contributed by atoms with Gasteiger partial charge in [0.2, 0.25) is 11.8 Å². The van der Waals surface area contributed by atoms with Gasteiger partial charge in [0.1, 0.15) is 18.4 Å². The molecule has 0 fully saturated rings. The van der Waals surface area contributed by atoms with Crippen molar-refractivity contribution in [2.24, 2.45) is 0 Å². The number of methoxy groups -OCH3 is 1. The summed E-state index contributed by atoms with van der Waals surface area (Å²) in [6, 6.07) is 6.70. The molecule has 0 spiro atoms. The van der Waals surface area contributed by atoms with Gasteiger partial charge in [-0.25, -0.2) is 9.67 Å². The van der Waals surface area contributed by atoms with Crippen molar-refractivity contribution in [1.29, 1.82) is 0 Å². The molecule has 0 bridgehead atoms. The number of aryl methyl sites for hydroxylation is 1. The van der Waals surface area contributed by atoms with Gasteiger partial charge in [-0.15, -0.1) is 10.2 Å². The summed E-state index contributed by atoms with van der Waals surface area (Å²) in [6.07, 6.45) is 3.79. The molecule has 1 N–H and O–H groups in total. The number of amides is 1. The second kappa shape index (κ2) is 7.06. The number of nitrogens with zero attached hydrogens (tertiary/aromatic N) is 6. The summed E-state index contributed by atoms with van der Waals surface area (Å²) in [5, 5.41) is 15.2. The number of hydrogen-bond donors (Lipinski definition) is 1. The lowest BCUT2D eigenvalue weighted by Crippen LogP contribution is -2.31. The fourth-order valence-corrected chi connectivity index (χ4v) is 2.91. The molecule has 4 aromatic rings. The van der Waals surface area contributed by atoms with Crippen LogP contribution in [0.25, 0.3) is 16.6 Å². The maximum Gasteiger partial charge on any atom is 0.276 e. The first-order valence-corrected chi connectivity index (χ1v) is 8.63. The van der Waals surface area contributed by atoms with Crippen LogP contribution in [0, 0.1) is 0 Å². The van der Waals surface area contributed by atoms with Crippen LogP contribution < -0.4 is 15.6 Å². The summed E-state index contributed by atoms with van der Waals surface area (Å²) >= 11 is 0. The minimum Gasteiger partial charge on any atom is -0.481 e. The minimum atomic E-state index is -0.383. The van der Waals surface area contributed by atoms with Crippen molar-refractivity contribution in [3.05, 3.63) is 52.8 Å². The van der Waals surface area contributed by atoms with Crippen LogP contribution in [0.4, 0.5) is 5.69 Å². The lowest BCUT2D eigenvalue weighted by Gasteiger charge is -2.11. The second-order valence-corrected chi connectivity index (χ2v) is 6.08. The molecular formula is C18H17N7O3. The van der Waals surface area contributed by atoms with Crippen molar-refractivity contribution in [2.45, 2.75) is 19.9 Å². The number of carbonyl (C=O) groups is 1. The molecule has 10 heteroatoms. The number of rotatable bonds is 5. The van der Waals surface area contributed by atoms with Crippen LogP contribution in [-0.4, -0.2) is 42.4 Å². The van der Waals surface area contributed by atoms with E-state index in [9.17, 15) is 9.59 Å². The molecule has 0 atom stereocenters. The first-order chi connectivity index (χ1) is 13.6. The fraction of sp³-hybridized carbons (Fsp3) is 0.222. The standard InChI is InChI=1S/C18H17N7O3/c1-3-13-17-12(5-7-16(21-17)28-2)18(27)25(23-13)9-15(26)20-11-4-6-14-22-19-10-24(14)8-11/h4-8,10H,3,9H2,1-2H3,(H,20,26). The molecular weight excluding hydrogens is 362 g/mol. The van der Waals surface area contributed by atoms with E-state index >= 15 is 0 Å². The van der Waals surface area contributed by atoms with Gasteiger partial charge in [-0.3, -0.25) is 14.0 Å². The van der Waals surface area contributed by atoms with Crippen molar-refractivity contribution in [3.63, 3.8) is 0 Å². The Bertz CT molecular complexity index is 1250. The van der Waals surface area contributed by atoms with E-state index in [-0.39, 0.29) is 18.0 Å². The lowest BCUT2D eigenvalue weighted by atomic mass is 10.2. The van der Waals surface area contributed by atoms with Gasteiger partial charge in [0.05, 0.1) is 23.9 Å². The first kappa shape index (κ1) is 17.6. The number of nitrogens with one attached hydrogen (secondary N) is 1. The molecule has 28 heavy (non-hydrogen) atoms. The Kier molecular flexibility index (Phi) is 4.44. The molecule has 0 saturated heterocycles. The number of pyridine rings is 2. The molecule has 0 aliphatic carbocycles. The van der Waals surface area contributed by atoms with Crippen LogP contribution in [0.3, 0.4) is 0 Å². The molecule has 0 aliphatic rings. The zero-order valence-corrected chi connectivity index (χ0v) is 15.3. The minimum absolute atomic E-state index is 0.214. The predicted octanol–water partition coefficient (Wildman–Crippen LogP) is 1.04. The predicted molar refractivity (Wildman–Crippen MR) is 101 cm³/mol. The third kappa shape index (κ3) is 3.15. The third-order valence-electron chi connectivity index (χ3n) is 4.26. The van der Waals surface area contributed by atoms with Crippen LogP contribution >= 0.6 is 0 Å². The Morgan fingerprint density at radius 2 is 2.11 bits per heavy atom. The monoisotopic (exact) mass is 379 g/mol. The molecule has 4 aromatic heterocycles. The van der Waals surface area contributed by atoms with E-state index in [0.29, 0.717) is 40.2 Å². The van der Waals surface area contributed by atoms with Crippen molar-refractivity contribution in [1.82, 2.24) is 29.4 Å². The Morgan fingerprint density at radius 3 is 2.89 bits per heavy atom. The number of carbonyl (C=O) groups excluding carboxylic acids is 1. The number of ether oxygens (including phenoxy) is 1. The van der Waals surface area contributed by atoms with E-state index in [1.807, 2.05) is 6.92 Å². The largest absolute Gasteiger partial charge is 0.481 e. The summed E-state index contributed by atoms with van der Waals surface area (Å²) in [4.78, 5) is 29.5. The van der Waals surface area contributed by atoms with Crippen molar-refractivity contribution in [2.75, 3.05) is 12.4 Å². The van der Waals surface area contributed by atoms with E-state index in [1.54, 1.807) is 34.9 Å². The Hall–Kier alpha value is -3.82. The fourth-order valence-electron chi connectivity index (χ4n) is 2.91. The summed E-state index contributed by atoms with van der Waals surface area (Å²) in [6.45, 7) is 1.69. The van der Waals surface area contributed by atoms with Gasteiger partial charge in [0.25, 0.3) is 5.56 Å². The van der Waals surface area contributed by atoms with Crippen molar-refractivity contribution < 1.29 is 9.53 Å². The second-order valence-electron chi connectivity index (χ2n) is 6.08. The van der Waals surface area contributed by atoms with E-state index in [0.717, 1.165) is 4.68 Å². The van der Waals surface area contributed by atoms with Crippen molar-refractivity contribution >= 4 is 28.1 Å². The highest BCUT2D eigenvalue weighted by atomic mass is 16.5. The molecule has 4 heterocycles. The van der Waals surface area contributed by atoms with Gasteiger partial charge in [-0.1, -0.05) is 6.92 Å². The number of fused-ring (bicyclic) bond motifs is 2. The summed E-state index contributed by atoms with van der Waals surface area (Å²) in [7, 11) is 1.51. The van der Waals surface area contributed by atoms with Crippen LogP contribution in [0.5, 0.6) is 5.88 Å². The highest BCUT2D eigenvalue weighted by Gasteiger charge is 2.14. The summed E-state index contributed by atoms with van der Waals surface area (Å²) < 4.78 is 7.96. The average molecular weight is 379 g/mol. The molecule has 0 aromatic carbocycles. The maximum absolute atomic E-state index is 12.7. The maximum atomic E-state index is 12.7. The van der Waals surface area contributed by atoms with Gasteiger partial charge >= 0.3 is 0 Å². The number of aromatic nitrogens is 6. The topological polar surface area (TPSA) is 116 Å². The van der Waals surface area contributed by atoms with Gasteiger partial charge in [0.15, 0.2) is 5.65 Å². The van der Waals surface area contributed by atoms with E-state index in [2.05, 4.69) is 25.6 Å². The first-order valence-electron chi connectivity index (χ1n) is 8.63. The molecule has 0 saturated carbocycles. The van der Waals surface area contributed by atoms with Crippen LogP contribution in [0.1, 0.15) is 12.6 Å². The normalized spacial score (nSPS) is 11.1. The molecule has 0 unspecified atom stereocenters. The van der Waals surface area contributed by atoms with E-state index in [4.69, 9.17) is 4.74 Å². The van der Waals surface area contributed by atoms with Crippen LogP contribution in [0.2, 0.25) is 0 Å². The zero-order chi connectivity index (χ0) is 19.7. The van der Waals surface area contributed by atoms with Crippen LogP contribution in [0.15, 0.2) is 41.6 Å². The van der Waals surface area contributed by atoms with Crippen LogP contribution in [-0.2, 0) is 17.8 Å². The molecule has 10 nitrogen and oxygen atoms in total. The third-order valence-corrected chi connectivity index (χ3v) is 4.26. The number of anilines is 1. The van der Waals surface area contributed by atoms with E-state index in [1.165, 1.54) is 13.4 Å². The van der Waals surface area contributed by atoms with Gasteiger partial charge in [-0.2, -0.15) is 5.10 Å². The molecule has 0 aliphatic heterocycles. The Morgan fingerprint density at radius 1 is 1.25 bits per heavy atom. The smallest absolute Gasteiger partial charge is 0.276 e. The average Bonchev–Trinajstić information content (AvgIpc) is 3.17. The van der Waals surface area contributed by atoms with Crippen molar-refractivity contribution in [3.8, 4) is 5.88 Å². The SMILES string of the molecule is CCc1nn(CC(=O)Nc2ccc3nncn3c2)c(=O)c2ccc(OC)nc12. The zero-order valence-electron chi connectivity index (χ0n) is 15.3. The molecule has 0 radical (unpaired) electrons. The summed E-state index contributed by atoms with van der Waals surface area (Å²) in [5.41, 5.74) is 1.95. The van der Waals surface area contributed by atoms with Gasteiger partial charge in [0, 0.05) is 12.3 Å². The number of hydrogen-bond acceptors (Lipinski definition) is 7. The molecule has 142 valence electrons. The quantitative estimate of drug-likeness (QED) is 0.551. The van der Waals surface area contributed by atoms with Gasteiger partial charge in [-0.05, 0) is 24.6 Å². The Labute approximate surface area is 158 Å². The highest BCUT2D eigenvalue weighted by molar-refractivity contribution is 5.90. The Balaban J connectivity index is 1.63. The summed E-state index contributed by atoms with van der Waals surface area (Å²) in [5.74, 6) is 0.0353. The molecule has 1 amide bonds. The van der Waals surface area contributed by atoms with E-state index < -0.39 is 0 Å². The lowest BCUT2D eigenvalue weighted by molar-refractivity contribution is -0.117. The highest BCUT2D eigenvalue weighted by Crippen LogP contribution is 2.16.